The standard InChI is InChI=1S/C32H41N3.3ClH.V/c1-8-23-16-25(10-3)31(26(11-4)17-23)33-20-29-14-22(7)15-30(35-29)21-34-32-27(12-5)18-24(9-2)19-28(32)13-6;;;;/h14-21H,8-13H2,1-7H3;3*1H;/q;;;;+3/p-3. The molecular formula is C32H41Cl3N3V. The van der Waals surface area contributed by atoms with Crippen LogP contribution < -0.4 is 37.2 Å². The van der Waals surface area contributed by atoms with Gasteiger partial charge in [-0.3, -0.25) is 9.98 Å². The van der Waals surface area contributed by atoms with Gasteiger partial charge >= 0.3 is 18.6 Å². The van der Waals surface area contributed by atoms with Gasteiger partial charge in [0, 0.05) is 0 Å². The molecule has 3 rings (SSSR count). The molecular weight excluding hydrogens is 584 g/mol. The number of rotatable bonds is 10. The first-order chi connectivity index (χ1) is 17.0. The van der Waals surface area contributed by atoms with Crippen LogP contribution in [-0.2, 0) is 57.1 Å². The Morgan fingerprint density at radius 2 is 0.846 bits per heavy atom. The molecule has 0 unspecified atom stereocenters. The Morgan fingerprint density at radius 3 is 1.10 bits per heavy atom. The Morgan fingerprint density at radius 1 is 0.538 bits per heavy atom. The van der Waals surface area contributed by atoms with E-state index in [1.807, 2.05) is 12.4 Å². The Kier molecular flexibility index (Phi) is 19.7. The first-order valence-corrected chi connectivity index (χ1v) is 13.3. The van der Waals surface area contributed by atoms with E-state index in [2.05, 4.69) is 84.9 Å². The Labute approximate surface area is 266 Å². The van der Waals surface area contributed by atoms with Crippen LogP contribution >= 0.6 is 0 Å². The predicted octanol–water partition coefficient (Wildman–Crippen LogP) is -0.725. The van der Waals surface area contributed by atoms with Gasteiger partial charge in [-0.05, 0) is 96.5 Å². The van der Waals surface area contributed by atoms with Gasteiger partial charge in [-0.2, -0.15) is 0 Å². The summed E-state index contributed by atoms with van der Waals surface area (Å²) in [4.78, 5) is 14.7. The quantitative estimate of drug-likeness (QED) is 0.275. The zero-order valence-electron chi connectivity index (χ0n) is 24.3. The molecule has 0 aliphatic rings. The third kappa shape index (κ3) is 10.4. The van der Waals surface area contributed by atoms with E-state index in [1.165, 1.54) is 33.4 Å². The van der Waals surface area contributed by atoms with Crippen molar-refractivity contribution in [2.75, 3.05) is 0 Å². The van der Waals surface area contributed by atoms with Crippen LogP contribution in [0.2, 0.25) is 0 Å². The Balaban J connectivity index is 0. The van der Waals surface area contributed by atoms with Gasteiger partial charge in [0.2, 0.25) is 0 Å². The van der Waals surface area contributed by atoms with Crippen molar-refractivity contribution in [3.8, 4) is 0 Å². The number of hydrogen-bond acceptors (Lipinski definition) is 3. The van der Waals surface area contributed by atoms with E-state index in [0.717, 1.165) is 66.9 Å². The molecule has 0 bridgehead atoms. The van der Waals surface area contributed by atoms with Gasteiger partial charge in [0.15, 0.2) is 0 Å². The first-order valence-electron chi connectivity index (χ1n) is 13.3. The van der Waals surface area contributed by atoms with Crippen LogP contribution in [0.15, 0.2) is 46.4 Å². The van der Waals surface area contributed by atoms with Crippen LogP contribution in [0.5, 0.6) is 0 Å². The number of benzene rings is 2. The largest absolute Gasteiger partial charge is 3.00 e. The van der Waals surface area contributed by atoms with Gasteiger partial charge in [0.1, 0.15) is 0 Å². The van der Waals surface area contributed by atoms with Crippen molar-refractivity contribution in [2.24, 2.45) is 9.98 Å². The van der Waals surface area contributed by atoms with Crippen molar-refractivity contribution < 1.29 is 55.8 Å². The van der Waals surface area contributed by atoms with E-state index in [1.54, 1.807) is 0 Å². The Hall–Kier alpha value is -1.62. The normalized spacial score (nSPS) is 10.5. The minimum absolute atomic E-state index is 0. The molecule has 1 aromatic heterocycles. The SMILES string of the molecule is CCc1cc(CC)c(N=Cc2cc(C)cc(C=Nc3c(CC)cc(CC)cc3CC)n2)c(CC)c1.[Cl-].[Cl-].[Cl-].[V+3]. The van der Waals surface area contributed by atoms with Crippen molar-refractivity contribution in [3.05, 3.63) is 86.7 Å². The molecule has 1 heterocycles. The minimum atomic E-state index is 0. The fraction of sp³-hybridized carbons (Fsp3) is 0.406. The molecule has 2 aromatic carbocycles. The summed E-state index contributed by atoms with van der Waals surface area (Å²) in [7, 11) is 0. The van der Waals surface area contributed by atoms with Gasteiger partial charge in [-0.1, -0.05) is 65.8 Å². The second kappa shape index (κ2) is 19.5. The summed E-state index contributed by atoms with van der Waals surface area (Å²) in [5.74, 6) is 0. The summed E-state index contributed by atoms with van der Waals surface area (Å²) < 4.78 is 0. The van der Waals surface area contributed by atoms with Gasteiger partial charge in [0.05, 0.1) is 35.2 Å². The molecule has 0 spiro atoms. The maximum atomic E-state index is 4.94. The molecule has 0 saturated heterocycles. The van der Waals surface area contributed by atoms with Gasteiger partial charge in [0.25, 0.3) is 0 Å². The summed E-state index contributed by atoms with van der Waals surface area (Å²) in [6, 6.07) is 13.4. The average Bonchev–Trinajstić information content (AvgIpc) is 2.89. The minimum Gasteiger partial charge on any atom is -1.00 e. The van der Waals surface area contributed by atoms with Crippen LogP contribution in [0.4, 0.5) is 11.4 Å². The maximum absolute atomic E-state index is 4.94. The van der Waals surface area contributed by atoms with Crippen molar-refractivity contribution in [2.45, 2.75) is 87.0 Å². The summed E-state index contributed by atoms with van der Waals surface area (Å²) in [5, 5.41) is 0. The number of halogens is 3. The van der Waals surface area contributed by atoms with E-state index in [-0.39, 0.29) is 55.8 Å². The fourth-order valence-electron chi connectivity index (χ4n) is 4.60. The number of aryl methyl sites for hydroxylation is 7. The second-order valence-corrected chi connectivity index (χ2v) is 9.16. The van der Waals surface area contributed by atoms with Gasteiger partial charge in [-0.15, -0.1) is 0 Å². The van der Waals surface area contributed by atoms with Gasteiger partial charge in [-0.25, -0.2) is 4.98 Å². The summed E-state index contributed by atoms with van der Waals surface area (Å²) in [6.45, 7) is 15.3. The molecule has 0 radical (unpaired) electrons. The van der Waals surface area contributed by atoms with Crippen LogP contribution in [0.3, 0.4) is 0 Å². The molecule has 0 aliphatic carbocycles. The third-order valence-corrected chi connectivity index (χ3v) is 6.66. The molecule has 3 nitrogen and oxygen atoms in total. The monoisotopic (exact) mass is 623 g/mol. The molecule has 3 aromatic rings. The number of hydrogen-bond donors (Lipinski definition) is 0. The molecule has 0 atom stereocenters. The van der Waals surface area contributed by atoms with Crippen LogP contribution in [0.25, 0.3) is 0 Å². The number of aliphatic imine (C=N–C) groups is 2. The molecule has 0 fully saturated rings. The summed E-state index contributed by atoms with van der Waals surface area (Å²) in [6.07, 6.45) is 9.82. The fourth-order valence-corrected chi connectivity index (χ4v) is 4.60. The van der Waals surface area contributed by atoms with Crippen molar-refractivity contribution in [1.29, 1.82) is 0 Å². The zero-order valence-corrected chi connectivity index (χ0v) is 27.9. The van der Waals surface area contributed by atoms with Crippen LogP contribution in [-0.4, -0.2) is 17.4 Å². The molecule has 0 saturated carbocycles. The average molecular weight is 625 g/mol. The molecule has 0 N–H and O–H groups in total. The number of nitrogens with zero attached hydrogens (tertiary/aromatic N) is 3. The first kappa shape index (κ1) is 39.5. The predicted molar refractivity (Wildman–Crippen MR) is 153 cm³/mol. The van der Waals surface area contributed by atoms with Crippen molar-refractivity contribution in [3.63, 3.8) is 0 Å². The second-order valence-electron chi connectivity index (χ2n) is 9.16. The van der Waals surface area contributed by atoms with Crippen molar-refractivity contribution in [1.82, 2.24) is 4.98 Å². The molecule has 7 heteroatoms. The van der Waals surface area contributed by atoms with E-state index < -0.39 is 0 Å². The smallest absolute Gasteiger partial charge is 1.00 e. The van der Waals surface area contributed by atoms with E-state index in [9.17, 15) is 0 Å². The van der Waals surface area contributed by atoms with Crippen LogP contribution in [0, 0.1) is 6.92 Å². The molecule has 0 aliphatic heterocycles. The van der Waals surface area contributed by atoms with Crippen molar-refractivity contribution >= 4 is 23.8 Å². The molecule has 210 valence electrons. The number of pyridine rings is 1. The van der Waals surface area contributed by atoms with Crippen LogP contribution in [0.1, 0.15) is 91.9 Å². The topological polar surface area (TPSA) is 37.6 Å². The third-order valence-electron chi connectivity index (χ3n) is 6.66. The maximum Gasteiger partial charge on any atom is 3.00 e. The van der Waals surface area contributed by atoms with E-state index >= 15 is 0 Å². The van der Waals surface area contributed by atoms with E-state index in [0.29, 0.717) is 0 Å². The molecule has 39 heavy (non-hydrogen) atoms. The summed E-state index contributed by atoms with van der Waals surface area (Å²) in [5.41, 5.74) is 13.1. The molecule has 0 amide bonds. The van der Waals surface area contributed by atoms with Gasteiger partial charge < -0.3 is 37.2 Å². The number of aromatic nitrogens is 1. The van der Waals surface area contributed by atoms with E-state index in [4.69, 9.17) is 15.0 Å². The Bertz CT molecular complexity index is 1100. The zero-order chi connectivity index (χ0) is 25.4. The summed E-state index contributed by atoms with van der Waals surface area (Å²) >= 11 is 0.